The number of hydroxylamine groups is 1. The zero-order valence-corrected chi connectivity index (χ0v) is 7.94. The number of rotatable bonds is 3. The zero-order chi connectivity index (χ0) is 9.97. The standard InChI is InChI=1S/C9H12N4O/c1-2-8-3-9-10-4-7(5-11-14)6-13(9)12-8/h3-4,6,11,14H,2,5H2,1H3. The summed E-state index contributed by atoms with van der Waals surface area (Å²) in [5.74, 6) is 0. The van der Waals surface area contributed by atoms with E-state index in [1.54, 1.807) is 10.7 Å². The monoisotopic (exact) mass is 192 g/mol. The number of nitrogens with one attached hydrogen (secondary N) is 1. The van der Waals surface area contributed by atoms with Gasteiger partial charge >= 0.3 is 0 Å². The van der Waals surface area contributed by atoms with Gasteiger partial charge in [-0.25, -0.2) is 15.0 Å². The second-order valence-corrected chi connectivity index (χ2v) is 3.09. The normalized spacial score (nSPS) is 11.0. The summed E-state index contributed by atoms with van der Waals surface area (Å²) < 4.78 is 1.73. The first-order valence-corrected chi connectivity index (χ1v) is 4.53. The molecule has 0 atom stereocenters. The maximum atomic E-state index is 8.54. The van der Waals surface area contributed by atoms with E-state index >= 15 is 0 Å². The number of fused-ring (bicyclic) bond motifs is 1. The van der Waals surface area contributed by atoms with Crippen LogP contribution in [0.25, 0.3) is 5.65 Å². The quantitative estimate of drug-likeness (QED) is 0.705. The molecule has 0 aliphatic rings. The second-order valence-electron chi connectivity index (χ2n) is 3.09. The van der Waals surface area contributed by atoms with Gasteiger partial charge in [0.2, 0.25) is 0 Å². The molecular weight excluding hydrogens is 180 g/mol. The molecule has 0 bridgehead atoms. The summed E-state index contributed by atoms with van der Waals surface area (Å²) in [5, 5.41) is 12.9. The summed E-state index contributed by atoms with van der Waals surface area (Å²) in [6.45, 7) is 2.43. The maximum Gasteiger partial charge on any atom is 0.155 e. The highest BCUT2D eigenvalue weighted by atomic mass is 16.5. The fourth-order valence-corrected chi connectivity index (χ4v) is 1.32. The predicted molar refractivity (Wildman–Crippen MR) is 51.0 cm³/mol. The molecule has 0 aliphatic heterocycles. The molecule has 0 saturated carbocycles. The Morgan fingerprint density at radius 2 is 2.43 bits per heavy atom. The lowest BCUT2D eigenvalue weighted by molar-refractivity contribution is 0.161. The van der Waals surface area contributed by atoms with E-state index < -0.39 is 0 Å². The van der Waals surface area contributed by atoms with Gasteiger partial charge in [0.1, 0.15) is 0 Å². The van der Waals surface area contributed by atoms with Gasteiger partial charge < -0.3 is 5.21 Å². The van der Waals surface area contributed by atoms with Crippen LogP contribution in [0.5, 0.6) is 0 Å². The van der Waals surface area contributed by atoms with Crippen molar-refractivity contribution < 1.29 is 5.21 Å². The molecule has 74 valence electrons. The van der Waals surface area contributed by atoms with E-state index in [1.807, 2.05) is 12.3 Å². The Kier molecular flexibility index (Phi) is 2.43. The van der Waals surface area contributed by atoms with Gasteiger partial charge in [-0.1, -0.05) is 6.92 Å². The van der Waals surface area contributed by atoms with E-state index in [-0.39, 0.29) is 0 Å². The molecule has 0 saturated heterocycles. The molecule has 2 aromatic rings. The van der Waals surface area contributed by atoms with Crippen LogP contribution in [0.3, 0.4) is 0 Å². The Bertz CT molecular complexity index is 437. The van der Waals surface area contributed by atoms with Crippen LogP contribution in [0.2, 0.25) is 0 Å². The van der Waals surface area contributed by atoms with Crippen LogP contribution in [0.15, 0.2) is 18.5 Å². The summed E-state index contributed by atoms with van der Waals surface area (Å²) in [5.41, 5.74) is 4.84. The van der Waals surface area contributed by atoms with Crippen molar-refractivity contribution in [1.82, 2.24) is 20.1 Å². The fourth-order valence-electron chi connectivity index (χ4n) is 1.32. The Morgan fingerprint density at radius 1 is 1.57 bits per heavy atom. The molecule has 2 N–H and O–H groups in total. The molecular formula is C9H12N4O. The molecule has 0 spiro atoms. The van der Waals surface area contributed by atoms with Crippen molar-refractivity contribution >= 4 is 5.65 Å². The van der Waals surface area contributed by atoms with E-state index in [4.69, 9.17) is 5.21 Å². The zero-order valence-electron chi connectivity index (χ0n) is 7.94. The minimum Gasteiger partial charge on any atom is -0.316 e. The summed E-state index contributed by atoms with van der Waals surface area (Å²) >= 11 is 0. The highest BCUT2D eigenvalue weighted by molar-refractivity contribution is 5.39. The lowest BCUT2D eigenvalue weighted by atomic mass is 10.3. The minimum absolute atomic E-state index is 0.379. The van der Waals surface area contributed by atoms with Crippen LogP contribution in [-0.4, -0.2) is 19.8 Å². The van der Waals surface area contributed by atoms with Gasteiger partial charge in [0.05, 0.1) is 5.69 Å². The van der Waals surface area contributed by atoms with Crippen LogP contribution in [0, 0.1) is 0 Å². The fraction of sp³-hybridized carbons (Fsp3) is 0.333. The Labute approximate surface area is 81.4 Å². The topological polar surface area (TPSA) is 62.5 Å². The highest BCUT2D eigenvalue weighted by Gasteiger charge is 2.01. The molecule has 2 heterocycles. The first-order valence-electron chi connectivity index (χ1n) is 4.53. The van der Waals surface area contributed by atoms with E-state index in [2.05, 4.69) is 22.5 Å². The molecule has 14 heavy (non-hydrogen) atoms. The Hall–Kier alpha value is -1.46. The molecule has 5 nitrogen and oxygen atoms in total. The van der Waals surface area contributed by atoms with Crippen molar-refractivity contribution in [3.63, 3.8) is 0 Å². The number of nitrogens with zero attached hydrogens (tertiary/aromatic N) is 3. The van der Waals surface area contributed by atoms with Crippen molar-refractivity contribution in [1.29, 1.82) is 0 Å². The van der Waals surface area contributed by atoms with Gasteiger partial charge in [0.15, 0.2) is 5.65 Å². The number of aryl methyl sites for hydroxylation is 1. The Balaban J connectivity index is 2.43. The van der Waals surface area contributed by atoms with Gasteiger partial charge in [-0.05, 0) is 6.42 Å². The van der Waals surface area contributed by atoms with Crippen molar-refractivity contribution in [2.24, 2.45) is 0 Å². The lowest BCUT2D eigenvalue weighted by Crippen LogP contribution is -2.07. The molecule has 0 aliphatic carbocycles. The molecule has 0 amide bonds. The lowest BCUT2D eigenvalue weighted by Gasteiger charge is -1.98. The van der Waals surface area contributed by atoms with Crippen LogP contribution in [0.1, 0.15) is 18.2 Å². The second kappa shape index (κ2) is 3.73. The first-order chi connectivity index (χ1) is 6.83. The third kappa shape index (κ3) is 1.59. The van der Waals surface area contributed by atoms with Gasteiger partial charge in [-0.15, -0.1) is 0 Å². The van der Waals surface area contributed by atoms with Crippen molar-refractivity contribution in [2.45, 2.75) is 19.9 Å². The van der Waals surface area contributed by atoms with E-state index in [9.17, 15) is 0 Å². The molecule has 2 rings (SSSR count). The SMILES string of the molecule is CCc1cc2ncc(CNO)cn2n1. The average molecular weight is 192 g/mol. The van der Waals surface area contributed by atoms with Gasteiger partial charge in [-0.2, -0.15) is 5.10 Å². The third-order valence-corrected chi connectivity index (χ3v) is 2.06. The Morgan fingerprint density at radius 3 is 3.14 bits per heavy atom. The number of hydrogen-bond acceptors (Lipinski definition) is 4. The number of hydrogen-bond donors (Lipinski definition) is 2. The average Bonchev–Trinajstić information content (AvgIpc) is 2.60. The molecule has 5 heteroatoms. The summed E-state index contributed by atoms with van der Waals surface area (Å²) in [7, 11) is 0. The third-order valence-electron chi connectivity index (χ3n) is 2.06. The molecule has 0 radical (unpaired) electrons. The molecule has 0 aromatic carbocycles. The minimum atomic E-state index is 0.379. The molecule has 0 unspecified atom stereocenters. The number of aromatic nitrogens is 3. The van der Waals surface area contributed by atoms with Crippen molar-refractivity contribution in [3.8, 4) is 0 Å². The van der Waals surface area contributed by atoms with Gasteiger partial charge in [-0.3, -0.25) is 0 Å². The van der Waals surface area contributed by atoms with Crippen molar-refractivity contribution in [3.05, 3.63) is 29.7 Å². The summed E-state index contributed by atoms with van der Waals surface area (Å²) in [4.78, 5) is 4.22. The molecule has 2 aromatic heterocycles. The van der Waals surface area contributed by atoms with Crippen LogP contribution in [-0.2, 0) is 13.0 Å². The van der Waals surface area contributed by atoms with E-state index in [0.29, 0.717) is 6.54 Å². The van der Waals surface area contributed by atoms with E-state index in [1.165, 1.54) is 0 Å². The highest BCUT2D eigenvalue weighted by Crippen LogP contribution is 2.05. The van der Waals surface area contributed by atoms with Gasteiger partial charge in [0.25, 0.3) is 0 Å². The summed E-state index contributed by atoms with van der Waals surface area (Å²) in [6.07, 6.45) is 4.47. The van der Waals surface area contributed by atoms with E-state index in [0.717, 1.165) is 23.3 Å². The maximum absolute atomic E-state index is 8.54. The van der Waals surface area contributed by atoms with Crippen molar-refractivity contribution in [2.75, 3.05) is 0 Å². The smallest absolute Gasteiger partial charge is 0.155 e. The first kappa shape index (κ1) is 9.11. The predicted octanol–water partition coefficient (Wildman–Crippen LogP) is 0.770. The van der Waals surface area contributed by atoms with Crippen LogP contribution < -0.4 is 5.48 Å². The molecule has 0 fully saturated rings. The van der Waals surface area contributed by atoms with Crippen LogP contribution in [0.4, 0.5) is 0 Å². The summed E-state index contributed by atoms with van der Waals surface area (Å²) in [6, 6.07) is 1.95. The van der Waals surface area contributed by atoms with Gasteiger partial charge in [0, 0.05) is 30.6 Å². The van der Waals surface area contributed by atoms with Crippen LogP contribution >= 0.6 is 0 Å². The largest absolute Gasteiger partial charge is 0.316 e.